The minimum Gasteiger partial charge on any atom is -0.410 e. The van der Waals surface area contributed by atoms with Gasteiger partial charge in [0.2, 0.25) is 0 Å². The lowest BCUT2D eigenvalue weighted by Crippen LogP contribution is -2.51. The van der Waals surface area contributed by atoms with E-state index in [0.717, 1.165) is 12.5 Å². The number of nitrogens with zero attached hydrogens (tertiary/aromatic N) is 2. The molecule has 0 bridgehead atoms. The summed E-state index contributed by atoms with van der Waals surface area (Å²) in [4.78, 5) is 0. The molecule has 3 rings (SSSR count). The van der Waals surface area contributed by atoms with Crippen molar-refractivity contribution in [3.63, 3.8) is 0 Å². The molecule has 0 aromatic heterocycles. The van der Waals surface area contributed by atoms with Crippen molar-refractivity contribution in [2.24, 2.45) is 22.1 Å². The van der Waals surface area contributed by atoms with E-state index < -0.39 is 8.32 Å². The van der Waals surface area contributed by atoms with Gasteiger partial charge in [-0.2, -0.15) is 10.2 Å². The summed E-state index contributed by atoms with van der Waals surface area (Å²) >= 11 is 0. The first kappa shape index (κ1) is 12.8. The van der Waals surface area contributed by atoms with Crippen molar-refractivity contribution in [1.82, 2.24) is 0 Å². The van der Waals surface area contributed by atoms with Crippen molar-refractivity contribution in [1.29, 1.82) is 0 Å². The fourth-order valence-electron chi connectivity index (χ4n) is 4.39. The molecular formula is C14H26N2OSi. The molecule has 0 saturated heterocycles. The Bertz CT molecular complexity index is 352. The van der Waals surface area contributed by atoms with Gasteiger partial charge in [-0.15, -0.1) is 0 Å². The summed E-state index contributed by atoms with van der Waals surface area (Å²) in [7, 11) is -1.52. The number of azo groups is 1. The van der Waals surface area contributed by atoms with Gasteiger partial charge in [0.05, 0.1) is 12.1 Å². The molecular weight excluding hydrogens is 240 g/mol. The van der Waals surface area contributed by atoms with Crippen LogP contribution in [0.2, 0.25) is 19.6 Å². The summed E-state index contributed by atoms with van der Waals surface area (Å²) in [5.74, 6) is 1.44. The number of rotatable bonds is 2. The highest BCUT2D eigenvalue weighted by Crippen LogP contribution is 2.53. The van der Waals surface area contributed by atoms with Gasteiger partial charge < -0.3 is 4.43 Å². The van der Waals surface area contributed by atoms with E-state index in [4.69, 9.17) is 4.43 Å². The average molecular weight is 266 g/mol. The van der Waals surface area contributed by atoms with Crippen LogP contribution in [0.25, 0.3) is 0 Å². The highest BCUT2D eigenvalue weighted by Gasteiger charge is 2.58. The van der Waals surface area contributed by atoms with Crippen LogP contribution >= 0.6 is 0 Å². The van der Waals surface area contributed by atoms with E-state index >= 15 is 0 Å². The number of fused-ring (bicyclic) bond motifs is 3. The topological polar surface area (TPSA) is 34.0 Å². The monoisotopic (exact) mass is 266 g/mol. The Hall–Kier alpha value is -0.223. The maximum absolute atomic E-state index is 6.77. The lowest BCUT2D eigenvalue weighted by atomic mass is 9.84. The molecule has 1 heterocycles. The molecule has 0 spiro atoms. The van der Waals surface area contributed by atoms with Crippen LogP contribution in [0.3, 0.4) is 0 Å². The van der Waals surface area contributed by atoms with Crippen LogP contribution in [0.15, 0.2) is 10.2 Å². The van der Waals surface area contributed by atoms with Crippen LogP contribution in [0.5, 0.6) is 0 Å². The molecule has 0 N–H and O–H groups in total. The summed E-state index contributed by atoms with van der Waals surface area (Å²) < 4.78 is 6.77. The zero-order chi connectivity index (χ0) is 12.8. The second-order valence-electron chi connectivity index (χ2n) is 7.35. The summed E-state index contributed by atoms with van der Waals surface area (Å²) in [6.45, 7) is 7.92. The third-order valence-corrected chi connectivity index (χ3v) is 5.86. The van der Waals surface area contributed by atoms with Crippen LogP contribution in [0.4, 0.5) is 0 Å². The second-order valence-corrected chi connectivity index (χ2v) is 11.8. The van der Waals surface area contributed by atoms with Gasteiger partial charge in [0.1, 0.15) is 6.04 Å². The third kappa shape index (κ3) is 2.07. The molecule has 18 heavy (non-hydrogen) atoms. The van der Waals surface area contributed by atoms with Crippen molar-refractivity contribution < 1.29 is 4.43 Å². The molecule has 3 aliphatic rings. The molecule has 4 atom stereocenters. The molecule has 0 amide bonds. The Morgan fingerprint density at radius 3 is 2.78 bits per heavy atom. The van der Waals surface area contributed by atoms with Gasteiger partial charge in [0, 0.05) is 5.92 Å². The molecule has 2 fully saturated rings. The average Bonchev–Trinajstić information content (AvgIpc) is 2.75. The molecule has 0 aromatic carbocycles. The van der Waals surface area contributed by atoms with Crippen molar-refractivity contribution in [2.45, 2.75) is 69.8 Å². The third-order valence-electron chi connectivity index (χ3n) is 4.86. The lowest BCUT2D eigenvalue weighted by Gasteiger charge is -2.42. The standard InChI is InChI=1S/C14H26N2OSi/c1-18(2,3)17-14-8-6-4-5-7-12(14)9-11-10-15-16-13(11)14/h11-13H,4-10H2,1-3H3/t11-,12-,13+,14-/m0/s1. The van der Waals surface area contributed by atoms with E-state index in [2.05, 4.69) is 29.9 Å². The molecule has 0 radical (unpaired) electrons. The van der Waals surface area contributed by atoms with E-state index in [9.17, 15) is 0 Å². The van der Waals surface area contributed by atoms with Crippen LogP contribution < -0.4 is 0 Å². The molecule has 0 aromatic rings. The maximum Gasteiger partial charge on any atom is 0.184 e. The summed E-state index contributed by atoms with van der Waals surface area (Å²) in [6.07, 6.45) is 7.97. The van der Waals surface area contributed by atoms with E-state index in [0.29, 0.717) is 12.0 Å². The fraction of sp³-hybridized carbons (Fsp3) is 1.00. The predicted molar refractivity (Wildman–Crippen MR) is 75.4 cm³/mol. The van der Waals surface area contributed by atoms with Gasteiger partial charge >= 0.3 is 0 Å². The second kappa shape index (κ2) is 4.41. The van der Waals surface area contributed by atoms with Crippen LogP contribution in [0.1, 0.15) is 38.5 Å². The molecule has 4 heteroatoms. The van der Waals surface area contributed by atoms with E-state index in [-0.39, 0.29) is 5.60 Å². The molecule has 2 saturated carbocycles. The van der Waals surface area contributed by atoms with E-state index in [1.807, 2.05) is 0 Å². The quantitative estimate of drug-likeness (QED) is 0.695. The highest BCUT2D eigenvalue weighted by atomic mass is 28.4. The Kier molecular flexibility index (Phi) is 3.13. The smallest absolute Gasteiger partial charge is 0.184 e. The SMILES string of the molecule is C[Si](C)(C)O[C@@]12CCCCC[C@H]1C[C@H]1CN=N[C@H]12. The summed E-state index contributed by atoms with van der Waals surface area (Å²) in [5, 5.41) is 8.93. The lowest BCUT2D eigenvalue weighted by molar-refractivity contribution is 0.000625. The zero-order valence-electron chi connectivity index (χ0n) is 12.0. The fourth-order valence-corrected chi connectivity index (χ4v) is 5.92. The van der Waals surface area contributed by atoms with Gasteiger partial charge in [-0.05, 0) is 44.8 Å². The van der Waals surface area contributed by atoms with Crippen molar-refractivity contribution >= 4 is 8.32 Å². The van der Waals surface area contributed by atoms with Crippen molar-refractivity contribution in [3.8, 4) is 0 Å². The van der Waals surface area contributed by atoms with Gasteiger partial charge in [-0.25, -0.2) is 0 Å². The molecule has 102 valence electrons. The molecule has 1 aliphatic heterocycles. The first-order valence-corrected chi connectivity index (χ1v) is 11.0. The van der Waals surface area contributed by atoms with E-state index in [1.165, 1.54) is 38.5 Å². The van der Waals surface area contributed by atoms with Crippen molar-refractivity contribution in [3.05, 3.63) is 0 Å². The Labute approximate surface area is 112 Å². The van der Waals surface area contributed by atoms with Gasteiger partial charge in [0.15, 0.2) is 8.32 Å². The van der Waals surface area contributed by atoms with Crippen LogP contribution in [0, 0.1) is 11.8 Å². The zero-order valence-corrected chi connectivity index (χ0v) is 13.0. The van der Waals surface area contributed by atoms with Crippen LogP contribution in [-0.4, -0.2) is 26.5 Å². The minimum atomic E-state index is -1.52. The van der Waals surface area contributed by atoms with Gasteiger partial charge in [-0.3, -0.25) is 0 Å². The van der Waals surface area contributed by atoms with Gasteiger partial charge in [-0.1, -0.05) is 19.3 Å². The Balaban J connectivity index is 1.93. The largest absolute Gasteiger partial charge is 0.410 e. The van der Waals surface area contributed by atoms with Crippen LogP contribution in [-0.2, 0) is 4.43 Å². The van der Waals surface area contributed by atoms with Gasteiger partial charge in [0.25, 0.3) is 0 Å². The summed E-state index contributed by atoms with van der Waals surface area (Å²) in [6, 6.07) is 0.382. The Morgan fingerprint density at radius 2 is 2.00 bits per heavy atom. The molecule has 3 nitrogen and oxygen atoms in total. The highest BCUT2D eigenvalue weighted by molar-refractivity contribution is 6.69. The number of hydrogen-bond acceptors (Lipinski definition) is 3. The van der Waals surface area contributed by atoms with Crippen molar-refractivity contribution in [2.75, 3.05) is 6.54 Å². The molecule has 2 aliphatic carbocycles. The number of hydrogen-bond donors (Lipinski definition) is 0. The summed E-state index contributed by atoms with van der Waals surface area (Å²) in [5.41, 5.74) is 0.0611. The van der Waals surface area contributed by atoms with E-state index in [1.54, 1.807) is 0 Å². The Morgan fingerprint density at radius 1 is 1.17 bits per heavy atom. The predicted octanol–water partition coefficient (Wildman–Crippen LogP) is 4.01. The first-order valence-electron chi connectivity index (χ1n) is 7.58. The first-order chi connectivity index (χ1) is 8.51. The normalized spacial score (nSPS) is 43.6. The maximum atomic E-state index is 6.77. The minimum absolute atomic E-state index is 0.0611. The molecule has 0 unspecified atom stereocenters.